The molecule has 3 rings (SSSR count). The molecule has 2 aromatic rings. The highest BCUT2D eigenvalue weighted by Gasteiger charge is 2.19. The molecular formula is C17H22N2S. The fraction of sp³-hybridized carbons (Fsp3) is 0.471. The lowest BCUT2D eigenvalue weighted by Crippen LogP contribution is -2.20. The Morgan fingerprint density at radius 2 is 1.70 bits per heavy atom. The van der Waals surface area contributed by atoms with Gasteiger partial charge in [0.05, 0.1) is 5.69 Å². The second-order valence-corrected chi connectivity index (χ2v) is 6.76. The molecule has 20 heavy (non-hydrogen) atoms. The third-order valence-corrected chi connectivity index (χ3v) is 5.00. The van der Waals surface area contributed by atoms with Crippen LogP contribution in [0.25, 0.3) is 0 Å². The topological polar surface area (TPSA) is 17.3 Å². The fourth-order valence-electron chi connectivity index (χ4n) is 3.21. The molecule has 0 radical (unpaired) electrons. The van der Waals surface area contributed by atoms with E-state index in [0.717, 1.165) is 10.5 Å². The molecule has 0 atom stereocenters. The van der Waals surface area contributed by atoms with E-state index in [4.69, 9.17) is 4.99 Å². The smallest absolute Gasteiger partial charge is 0.190 e. The van der Waals surface area contributed by atoms with Crippen LogP contribution in [0.15, 0.2) is 28.6 Å². The monoisotopic (exact) mass is 286 g/mol. The zero-order valence-corrected chi connectivity index (χ0v) is 13.3. The number of rotatable bonds is 2. The molecule has 1 aliphatic carbocycles. The Morgan fingerprint density at radius 3 is 2.35 bits per heavy atom. The summed E-state index contributed by atoms with van der Waals surface area (Å²) in [4.78, 5) is 6.06. The molecule has 1 aromatic carbocycles. The minimum Gasteiger partial charge on any atom is -0.318 e. The van der Waals surface area contributed by atoms with Crippen molar-refractivity contribution in [3.05, 3.63) is 45.2 Å². The van der Waals surface area contributed by atoms with E-state index in [1.165, 1.54) is 42.5 Å². The Kier molecular flexibility index (Phi) is 3.79. The Balaban J connectivity index is 2.07. The molecule has 0 amide bonds. The van der Waals surface area contributed by atoms with E-state index in [-0.39, 0.29) is 0 Å². The minimum absolute atomic E-state index is 0.658. The van der Waals surface area contributed by atoms with Gasteiger partial charge in [-0.15, -0.1) is 11.3 Å². The predicted octanol–water partition coefficient (Wildman–Crippen LogP) is 4.82. The number of thiazole rings is 1. The molecule has 1 heterocycles. The standard InChI is InChI=1S/C17H22N2S/c1-12-8-13(2)10-15(9-12)18-17-19(14(3)11-20-17)16-6-4-5-7-16/h8-11,16H,4-7H2,1-3H3. The van der Waals surface area contributed by atoms with Crippen LogP contribution < -0.4 is 4.80 Å². The van der Waals surface area contributed by atoms with Gasteiger partial charge in [-0.25, -0.2) is 4.99 Å². The summed E-state index contributed by atoms with van der Waals surface area (Å²) in [5.74, 6) is 0. The first-order valence-corrected chi connectivity index (χ1v) is 8.31. The average molecular weight is 286 g/mol. The summed E-state index contributed by atoms with van der Waals surface area (Å²) < 4.78 is 2.45. The number of nitrogens with zero attached hydrogens (tertiary/aromatic N) is 2. The molecule has 0 unspecified atom stereocenters. The average Bonchev–Trinajstić information content (AvgIpc) is 2.98. The van der Waals surface area contributed by atoms with E-state index in [9.17, 15) is 0 Å². The van der Waals surface area contributed by atoms with Gasteiger partial charge in [0.1, 0.15) is 0 Å². The summed E-state index contributed by atoms with van der Waals surface area (Å²) in [6, 6.07) is 7.19. The first-order chi connectivity index (χ1) is 9.63. The third kappa shape index (κ3) is 2.73. The van der Waals surface area contributed by atoms with Crippen molar-refractivity contribution in [3.63, 3.8) is 0 Å². The van der Waals surface area contributed by atoms with Crippen LogP contribution in [0.4, 0.5) is 5.69 Å². The lowest BCUT2D eigenvalue weighted by molar-refractivity contribution is 0.496. The molecule has 1 fully saturated rings. The van der Waals surface area contributed by atoms with E-state index in [1.807, 2.05) is 0 Å². The fourth-order valence-corrected chi connectivity index (χ4v) is 4.17. The summed E-state index contributed by atoms with van der Waals surface area (Å²) in [7, 11) is 0. The zero-order chi connectivity index (χ0) is 14.1. The van der Waals surface area contributed by atoms with Gasteiger partial charge < -0.3 is 4.57 Å². The van der Waals surface area contributed by atoms with E-state index in [1.54, 1.807) is 11.3 Å². The second kappa shape index (κ2) is 5.57. The van der Waals surface area contributed by atoms with Crippen molar-refractivity contribution >= 4 is 17.0 Å². The van der Waals surface area contributed by atoms with Crippen molar-refractivity contribution in [2.24, 2.45) is 4.99 Å². The summed E-state index contributed by atoms with van der Waals surface area (Å²) in [6.45, 7) is 6.47. The number of hydrogen-bond acceptors (Lipinski definition) is 2. The van der Waals surface area contributed by atoms with Gasteiger partial charge in [0.25, 0.3) is 0 Å². The maximum Gasteiger partial charge on any atom is 0.190 e. The van der Waals surface area contributed by atoms with E-state index in [2.05, 4.69) is 48.9 Å². The molecule has 0 bridgehead atoms. The van der Waals surface area contributed by atoms with Gasteiger partial charge in [0, 0.05) is 17.1 Å². The van der Waals surface area contributed by atoms with Crippen LogP contribution in [-0.2, 0) is 0 Å². The largest absolute Gasteiger partial charge is 0.318 e. The summed E-state index contributed by atoms with van der Waals surface area (Å²) in [5.41, 5.74) is 5.00. The zero-order valence-electron chi connectivity index (χ0n) is 12.5. The van der Waals surface area contributed by atoms with Crippen LogP contribution in [-0.4, -0.2) is 4.57 Å². The summed E-state index contributed by atoms with van der Waals surface area (Å²) in [5, 5.41) is 2.24. The van der Waals surface area contributed by atoms with E-state index in [0.29, 0.717) is 6.04 Å². The second-order valence-electron chi connectivity index (χ2n) is 5.93. The highest BCUT2D eigenvalue weighted by molar-refractivity contribution is 7.07. The van der Waals surface area contributed by atoms with Crippen molar-refractivity contribution in [1.82, 2.24) is 4.57 Å². The Labute approximate surface area is 124 Å². The number of hydrogen-bond donors (Lipinski definition) is 0. The van der Waals surface area contributed by atoms with Crippen molar-refractivity contribution in [2.75, 3.05) is 0 Å². The Hall–Kier alpha value is -1.35. The molecule has 1 aliphatic rings. The SMILES string of the molecule is Cc1cc(C)cc(N=c2scc(C)n2C2CCCC2)c1. The van der Waals surface area contributed by atoms with Crippen LogP contribution in [0.1, 0.15) is 48.5 Å². The summed E-state index contributed by atoms with van der Waals surface area (Å²) >= 11 is 1.77. The first kappa shape index (κ1) is 13.6. The number of benzene rings is 1. The first-order valence-electron chi connectivity index (χ1n) is 7.43. The Bertz CT molecular complexity index is 652. The van der Waals surface area contributed by atoms with Gasteiger partial charge >= 0.3 is 0 Å². The maximum absolute atomic E-state index is 4.91. The molecule has 106 valence electrons. The minimum atomic E-state index is 0.658. The molecule has 3 heteroatoms. The number of aryl methyl sites for hydroxylation is 3. The van der Waals surface area contributed by atoms with Gasteiger partial charge in [0.2, 0.25) is 0 Å². The van der Waals surface area contributed by atoms with Crippen LogP contribution in [0.3, 0.4) is 0 Å². The van der Waals surface area contributed by atoms with Crippen molar-refractivity contribution in [1.29, 1.82) is 0 Å². The van der Waals surface area contributed by atoms with Crippen molar-refractivity contribution in [2.45, 2.75) is 52.5 Å². The van der Waals surface area contributed by atoms with Gasteiger partial charge in [0.15, 0.2) is 4.80 Å². The van der Waals surface area contributed by atoms with E-state index >= 15 is 0 Å². The maximum atomic E-state index is 4.91. The molecule has 0 saturated heterocycles. The molecule has 1 aromatic heterocycles. The van der Waals surface area contributed by atoms with E-state index < -0.39 is 0 Å². The molecule has 1 saturated carbocycles. The number of aromatic nitrogens is 1. The van der Waals surface area contributed by atoms with Gasteiger partial charge in [-0.05, 0) is 56.9 Å². The van der Waals surface area contributed by atoms with Crippen LogP contribution >= 0.6 is 11.3 Å². The van der Waals surface area contributed by atoms with Crippen LogP contribution in [0, 0.1) is 20.8 Å². The highest BCUT2D eigenvalue weighted by Crippen LogP contribution is 2.30. The van der Waals surface area contributed by atoms with Crippen molar-refractivity contribution < 1.29 is 0 Å². The molecule has 2 nitrogen and oxygen atoms in total. The third-order valence-electron chi connectivity index (χ3n) is 4.04. The normalized spacial score (nSPS) is 17.1. The van der Waals surface area contributed by atoms with Crippen LogP contribution in [0.5, 0.6) is 0 Å². The van der Waals surface area contributed by atoms with Gasteiger partial charge in [-0.3, -0.25) is 0 Å². The van der Waals surface area contributed by atoms with Crippen LogP contribution in [0.2, 0.25) is 0 Å². The molecule has 0 aliphatic heterocycles. The summed E-state index contributed by atoms with van der Waals surface area (Å²) in [6.07, 6.45) is 5.32. The Morgan fingerprint density at radius 1 is 1.05 bits per heavy atom. The predicted molar refractivity (Wildman–Crippen MR) is 85.7 cm³/mol. The lowest BCUT2D eigenvalue weighted by Gasteiger charge is -2.13. The van der Waals surface area contributed by atoms with Gasteiger partial charge in [-0.1, -0.05) is 18.9 Å². The molecule has 0 N–H and O–H groups in total. The van der Waals surface area contributed by atoms with Crippen molar-refractivity contribution in [3.8, 4) is 0 Å². The molecule has 0 spiro atoms. The van der Waals surface area contributed by atoms with Gasteiger partial charge in [-0.2, -0.15) is 0 Å². The lowest BCUT2D eigenvalue weighted by atomic mass is 10.1. The molecular weight excluding hydrogens is 264 g/mol. The highest BCUT2D eigenvalue weighted by atomic mass is 32.1. The quantitative estimate of drug-likeness (QED) is 0.753.